The minimum absolute atomic E-state index is 0.00581. The van der Waals surface area contributed by atoms with Crippen molar-refractivity contribution in [3.05, 3.63) is 29.3 Å². The Hall–Kier alpha value is -1.87. The Bertz CT molecular complexity index is 643. The predicted molar refractivity (Wildman–Crippen MR) is 80.2 cm³/mol. The third-order valence-electron chi connectivity index (χ3n) is 2.43. The SMILES string of the molecule is CC(NC(N)=S)c1ccc(NS(C)(=O)=O)c(C(=O)O)c1. The van der Waals surface area contributed by atoms with Crippen LogP contribution >= 0.6 is 12.2 Å². The van der Waals surface area contributed by atoms with Gasteiger partial charge < -0.3 is 16.2 Å². The van der Waals surface area contributed by atoms with Crippen molar-refractivity contribution in [3.63, 3.8) is 0 Å². The summed E-state index contributed by atoms with van der Waals surface area (Å²) in [4.78, 5) is 11.2. The van der Waals surface area contributed by atoms with Gasteiger partial charge in [0.2, 0.25) is 10.0 Å². The highest BCUT2D eigenvalue weighted by molar-refractivity contribution is 7.92. The van der Waals surface area contributed by atoms with Crippen molar-refractivity contribution in [1.82, 2.24) is 5.32 Å². The summed E-state index contributed by atoms with van der Waals surface area (Å²) in [5, 5.41) is 12.0. The number of aromatic carboxylic acids is 1. The summed E-state index contributed by atoms with van der Waals surface area (Å²) in [5.41, 5.74) is 5.83. The van der Waals surface area contributed by atoms with E-state index in [1.165, 1.54) is 12.1 Å². The highest BCUT2D eigenvalue weighted by Gasteiger charge is 2.16. The molecule has 0 fully saturated rings. The highest BCUT2D eigenvalue weighted by Crippen LogP contribution is 2.22. The number of nitrogens with two attached hydrogens (primary N) is 1. The predicted octanol–water partition coefficient (Wildman–Crippen LogP) is 0.651. The average Bonchev–Trinajstić information content (AvgIpc) is 2.25. The molecule has 7 nitrogen and oxygen atoms in total. The number of carbonyl (C=O) groups is 1. The molecule has 1 rings (SSSR count). The first-order valence-corrected chi connectivity index (χ1v) is 7.81. The summed E-state index contributed by atoms with van der Waals surface area (Å²) < 4.78 is 24.5. The number of sulfonamides is 1. The Labute approximate surface area is 122 Å². The number of thiocarbonyl (C=S) groups is 1. The van der Waals surface area contributed by atoms with Gasteiger partial charge in [-0.1, -0.05) is 6.07 Å². The topological polar surface area (TPSA) is 122 Å². The van der Waals surface area contributed by atoms with Crippen LogP contribution in [0.2, 0.25) is 0 Å². The number of hydrogen-bond acceptors (Lipinski definition) is 4. The quantitative estimate of drug-likeness (QED) is 0.588. The third-order valence-corrected chi connectivity index (χ3v) is 3.14. The first-order valence-electron chi connectivity index (χ1n) is 5.51. The van der Waals surface area contributed by atoms with Gasteiger partial charge >= 0.3 is 5.97 Å². The second-order valence-electron chi connectivity index (χ2n) is 4.21. The van der Waals surface area contributed by atoms with Crippen LogP contribution < -0.4 is 15.8 Å². The maximum Gasteiger partial charge on any atom is 0.337 e. The highest BCUT2D eigenvalue weighted by atomic mass is 32.2. The van der Waals surface area contributed by atoms with Crippen molar-refractivity contribution >= 4 is 39.0 Å². The van der Waals surface area contributed by atoms with E-state index in [9.17, 15) is 13.2 Å². The number of anilines is 1. The fourth-order valence-corrected chi connectivity index (χ4v) is 2.35. The number of nitrogens with one attached hydrogen (secondary N) is 2. The third kappa shape index (κ3) is 4.67. The van der Waals surface area contributed by atoms with Gasteiger partial charge in [0.05, 0.1) is 23.5 Å². The molecule has 5 N–H and O–H groups in total. The van der Waals surface area contributed by atoms with E-state index in [0.717, 1.165) is 6.26 Å². The summed E-state index contributed by atoms with van der Waals surface area (Å²) in [5.74, 6) is -1.24. The number of hydrogen-bond donors (Lipinski definition) is 4. The number of carboxylic acid groups (broad SMARTS) is 1. The largest absolute Gasteiger partial charge is 0.478 e. The number of rotatable bonds is 5. The second-order valence-corrected chi connectivity index (χ2v) is 6.40. The molecule has 0 aliphatic heterocycles. The van der Waals surface area contributed by atoms with Crippen LogP contribution in [0.4, 0.5) is 5.69 Å². The van der Waals surface area contributed by atoms with Gasteiger partial charge in [0.1, 0.15) is 0 Å². The molecule has 1 unspecified atom stereocenters. The van der Waals surface area contributed by atoms with Crippen LogP contribution in [0.3, 0.4) is 0 Å². The standard InChI is InChI=1S/C11H15N3O4S2/c1-6(13-11(12)19)7-3-4-9(14-20(2,17)18)8(5-7)10(15)16/h3-6,14H,1-2H3,(H,15,16)(H3,12,13,19). The molecule has 0 bridgehead atoms. The van der Waals surface area contributed by atoms with Gasteiger partial charge in [0.15, 0.2) is 5.11 Å². The lowest BCUT2D eigenvalue weighted by molar-refractivity contribution is 0.0698. The van der Waals surface area contributed by atoms with Crippen LogP contribution in [0.25, 0.3) is 0 Å². The molecule has 110 valence electrons. The van der Waals surface area contributed by atoms with Crippen LogP contribution in [0.5, 0.6) is 0 Å². The second kappa shape index (κ2) is 6.06. The van der Waals surface area contributed by atoms with Gasteiger partial charge in [-0.15, -0.1) is 0 Å². The fraction of sp³-hybridized carbons (Fsp3) is 0.273. The van der Waals surface area contributed by atoms with Crippen molar-refractivity contribution in [3.8, 4) is 0 Å². The molecule has 20 heavy (non-hydrogen) atoms. The molecular weight excluding hydrogens is 302 g/mol. The molecule has 9 heteroatoms. The first kappa shape index (κ1) is 16.2. The lowest BCUT2D eigenvalue weighted by Gasteiger charge is -2.16. The fourth-order valence-electron chi connectivity index (χ4n) is 1.59. The Balaban J connectivity index is 3.19. The number of benzene rings is 1. The van der Waals surface area contributed by atoms with Crippen molar-refractivity contribution in [2.24, 2.45) is 5.73 Å². The van der Waals surface area contributed by atoms with Gasteiger partial charge in [-0.3, -0.25) is 4.72 Å². The van der Waals surface area contributed by atoms with E-state index in [-0.39, 0.29) is 22.4 Å². The molecule has 0 saturated heterocycles. The van der Waals surface area contributed by atoms with E-state index in [1.54, 1.807) is 13.0 Å². The van der Waals surface area contributed by atoms with E-state index in [2.05, 4.69) is 10.0 Å². The lowest BCUT2D eigenvalue weighted by atomic mass is 10.0. The summed E-state index contributed by atoms with van der Waals surface area (Å²) in [6, 6.07) is 4.05. The van der Waals surface area contributed by atoms with E-state index >= 15 is 0 Å². The first-order chi connectivity index (χ1) is 9.10. The summed E-state index contributed by atoms with van der Waals surface area (Å²) in [7, 11) is -3.56. The maximum absolute atomic E-state index is 11.2. The van der Waals surface area contributed by atoms with Crippen molar-refractivity contribution < 1.29 is 18.3 Å². The monoisotopic (exact) mass is 317 g/mol. The van der Waals surface area contributed by atoms with Crippen LogP contribution in [-0.2, 0) is 10.0 Å². The molecule has 0 aliphatic carbocycles. The molecule has 1 aromatic carbocycles. The minimum Gasteiger partial charge on any atom is -0.478 e. The molecule has 0 aromatic heterocycles. The Morgan fingerprint density at radius 2 is 2.05 bits per heavy atom. The molecule has 0 aliphatic rings. The van der Waals surface area contributed by atoms with Gasteiger partial charge in [-0.2, -0.15) is 0 Å². The Morgan fingerprint density at radius 3 is 2.50 bits per heavy atom. The normalized spacial score (nSPS) is 12.5. The molecule has 0 radical (unpaired) electrons. The van der Waals surface area contributed by atoms with E-state index in [4.69, 9.17) is 23.1 Å². The maximum atomic E-state index is 11.2. The van der Waals surface area contributed by atoms with Crippen LogP contribution in [0, 0.1) is 0 Å². The average molecular weight is 317 g/mol. The smallest absolute Gasteiger partial charge is 0.337 e. The van der Waals surface area contributed by atoms with Crippen molar-refractivity contribution in [1.29, 1.82) is 0 Å². The molecule has 0 amide bonds. The van der Waals surface area contributed by atoms with Crippen molar-refractivity contribution in [2.75, 3.05) is 11.0 Å². The molecule has 0 spiro atoms. The zero-order valence-electron chi connectivity index (χ0n) is 10.9. The summed E-state index contributed by atoms with van der Waals surface area (Å²) >= 11 is 4.71. The van der Waals surface area contributed by atoms with E-state index in [1.807, 2.05) is 0 Å². The van der Waals surface area contributed by atoms with Gasteiger partial charge in [-0.05, 0) is 36.8 Å². The molecule has 0 heterocycles. The van der Waals surface area contributed by atoms with Crippen molar-refractivity contribution in [2.45, 2.75) is 13.0 Å². The van der Waals surface area contributed by atoms with E-state index in [0.29, 0.717) is 5.56 Å². The summed E-state index contributed by atoms with van der Waals surface area (Å²) in [6.45, 7) is 1.75. The number of carboxylic acids is 1. The zero-order valence-corrected chi connectivity index (χ0v) is 12.5. The van der Waals surface area contributed by atoms with Gasteiger partial charge in [0.25, 0.3) is 0 Å². The molecule has 1 atom stereocenters. The van der Waals surface area contributed by atoms with E-state index < -0.39 is 16.0 Å². The zero-order chi connectivity index (χ0) is 15.5. The summed E-state index contributed by atoms with van der Waals surface area (Å²) in [6.07, 6.45) is 0.948. The van der Waals surface area contributed by atoms with Crippen LogP contribution in [-0.4, -0.2) is 30.9 Å². The van der Waals surface area contributed by atoms with Crippen LogP contribution in [0.15, 0.2) is 18.2 Å². The van der Waals surface area contributed by atoms with Crippen LogP contribution in [0.1, 0.15) is 28.9 Å². The van der Waals surface area contributed by atoms with Gasteiger partial charge in [0, 0.05) is 0 Å². The lowest BCUT2D eigenvalue weighted by Crippen LogP contribution is -2.31. The molecular formula is C11H15N3O4S2. The Kier molecular flexibility index (Phi) is 4.90. The minimum atomic E-state index is -3.56. The van der Waals surface area contributed by atoms with Gasteiger partial charge in [-0.25, -0.2) is 13.2 Å². The Morgan fingerprint density at radius 1 is 1.45 bits per heavy atom. The molecule has 1 aromatic rings. The molecule has 0 saturated carbocycles.